The predicted molar refractivity (Wildman–Crippen MR) is 40.2 cm³/mol. The number of hydrogen-bond acceptors (Lipinski definition) is 1. The number of pyridine rings is 1. The molecule has 0 fully saturated rings. The topological polar surface area (TPSA) is 26.9 Å². The number of aromatic nitrogens is 1. The number of nitrogens with zero attached hydrogens (tertiary/aromatic N) is 1. The van der Waals surface area contributed by atoms with Gasteiger partial charge in [-0.1, -0.05) is 12.7 Å². The Hall–Kier alpha value is -1.31. The Balaban J connectivity index is 3.19. The highest BCUT2D eigenvalue weighted by atomic mass is 16.5. The summed E-state index contributed by atoms with van der Waals surface area (Å²) in [5.74, 6) is 0. The van der Waals surface area contributed by atoms with Crippen LogP contribution in [0.15, 0.2) is 25.0 Å². The minimum absolute atomic E-state index is 0.780. The summed E-state index contributed by atoms with van der Waals surface area (Å²) in [4.78, 5) is 0. The molecule has 0 saturated heterocycles. The van der Waals surface area contributed by atoms with E-state index in [1.807, 2.05) is 6.92 Å². The van der Waals surface area contributed by atoms with E-state index in [0.29, 0.717) is 0 Å². The van der Waals surface area contributed by atoms with Crippen molar-refractivity contribution in [3.63, 3.8) is 0 Å². The zero-order valence-electron chi connectivity index (χ0n) is 5.87. The summed E-state index contributed by atoms with van der Waals surface area (Å²) in [7, 11) is 0. The van der Waals surface area contributed by atoms with Crippen LogP contribution in [-0.4, -0.2) is 0 Å². The van der Waals surface area contributed by atoms with Crippen LogP contribution >= 0.6 is 0 Å². The van der Waals surface area contributed by atoms with E-state index in [4.69, 9.17) is 0 Å². The van der Waals surface area contributed by atoms with Crippen LogP contribution in [0.4, 0.5) is 0 Å². The molecule has 0 saturated carbocycles. The fourth-order valence-electron chi connectivity index (χ4n) is 0.823. The van der Waals surface area contributed by atoms with Crippen LogP contribution < -0.4 is 4.73 Å². The number of hydrogen-bond donors (Lipinski definition) is 0. The third-order valence-corrected chi connectivity index (χ3v) is 1.40. The molecule has 1 rings (SSSR count). The lowest BCUT2D eigenvalue weighted by atomic mass is 10.2. The molecule has 10 heavy (non-hydrogen) atoms. The van der Waals surface area contributed by atoms with Gasteiger partial charge in [-0.25, -0.2) is 0 Å². The van der Waals surface area contributed by atoms with E-state index < -0.39 is 0 Å². The molecule has 0 aliphatic heterocycles. The van der Waals surface area contributed by atoms with Crippen molar-refractivity contribution in [2.24, 2.45) is 0 Å². The second kappa shape index (κ2) is 2.52. The molecule has 0 aromatic carbocycles. The van der Waals surface area contributed by atoms with Crippen LogP contribution in [0.3, 0.4) is 0 Å². The van der Waals surface area contributed by atoms with Crippen molar-refractivity contribution in [1.29, 1.82) is 0 Å². The molecule has 0 aliphatic carbocycles. The average Bonchev–Trinajstić information content (AvgIpc) is 1.88. The van der Waals surface area contributed by atoms with Gasteiger partial charge in [-0.15, -0.1) is 0 Å². The highest BCUT2D eigenvalue weighted by molar-refractivity contribution is 5.49. The molecule has 2 heteroatoms. The van der Waals surface area contributed by atoms with Gasteiger partial charge in [0.2, 0.25) is 0 Å². The van der Waals surface area contributed by atoms with E-state index in [-0.39, 0.29) is 0 Å². The normalized spacial score (nSPS) is 9.30. The molecule has 0 aliphatic rings. The lowest BCUT2D eigenvalue weighted by Crippen LogP contribution is -2.24. The van der Waals surface area contributed by atoms with Gasteiger partial charge in [-0.05, 0) is 12.5 Å². The Labute approximate surface area is 60.0 Å². The van der Waals surface area contributed by atoms with Gasteiger partial charge in [0.05, 0.1) is 0 Å². The standard InChI is InChI=1S/C8H9NO/c1-3-8-4-5-9(10)6-7(8)2/h3-6H,1H2,2H3. The SMILES string of the molecule is C=Cc1cc[n+]([O-])cc1C. The Morgan fingerprint density at radius 3 is 2.90 bits per heavy atom. The molecule has 0 spiro atoms. The van der Waals surface area contributed by atoms with Crippen LogP contribution in [-0.2, 0) is 0 Å². The van der Waals surface area contributed by atoms with Gasteiger partial charge in [-0.3, -0.25) is 0 Å². The van der Waals surface area contributed by atoms with E-state index in [0.717, 1.165) is 15.9 Å². The minimum Gasteiger partial charge on any atom is -0.619 e. The summed E-state index contributed by atoms with van der Waals surface area (Å²) in [6.07, 6.45) is 4.72. The first-order chi connectivity index (χ1) is 4.74. The first kappa shape index (κ1) is 6.81. The number of rotatable bonds is 1. The molecule has 0 N–H and O–H groups in total. The zero-order valence-corrected chi connectivity index (χ0v) is 5.87. The molecular formula is C8H9NO. The second-order valence-electron chi connectivity index (χ2n) is 2.15. The third-order valence-electron chi connectivity index (χ3n) is 1.40. The van der Waals surface area contributed by atoms with Crippen LogP contribution in [0.25, 0.3) is 6.08 Å². The Bertz CT molecular complexity index is 255. The van der Waals surface area contributed by atoms with Gasteiger partial charge in [0.25, 0.3) is 0 Å². The van der Waals surface area contributed by atoms with Gasteiger partial charge >= 0.3 is 0 Å². The number of aryl methyl sites for hydroxylation is 1. The van der Waals surface area contributed by atoms with Crippen molar-refractivity contribution < 1.29 is 4.73 Å². The maximum atomic E-state index is 10.6. The van der Waals surface area contributed by atoms with Crippen LogP contribution in [0.5, 0.6) is 0 Å². The van der Waals surface area contributed by atoms with Crippen LogP contribution in [0.2, 0.25) is 0 Å². The van der Waals surface area contributed by atoms with E-state index in [1.165, 1.54) is 12.4 Å². The highest BCUT2D eigenvalue weighted by Crippen LogP contribution is 2.03. The predicted octanol–water partition coefficient (Wildman–Crippen LogP) is 1.27. The fraction of sp³-hybridized carbons (Fsp3) is 0.125. The summed E-state index contributed by atoms with van der Waals surface area (Å²) >= 11 is 0. The molecular weight excluding hydrogens is 126 g/mol. The second-order valence-corrected chi connectivity index (χ2v) is 2.15. The van der Waals surface area contributed by atoms with E-state index in [2.05, 4.69) is 6.58 Å². The summed E-state index contributed by atoms with van der Waals surface area (Å²) in [5, 5.41) is 10.6. The van der Waals surface area contributed by atoms with Crippen LogP contribution in [0.1, 0.15) is 11.1 Å². The lowest BCUT2D eigenvalue weighted by Gasteiger charge is -1.98. The summed E-state index contributed by atoms with van der Waals surface area (Å²) in [6.45, 7) is 5.49. The Kier molecular flexibility index (Phi) is 1.71. The lowest BCUT2D eigenvalue weighted by molar-refractivity contribution is -0.605. The molecule has 1 aromatic rings. The van der Waals surface area contributed by atoms with Gasteiger partial charge in [0, 0.05) is 11.6 Å². The van der Waals surface area contributed by atoms with Crippen molar-refractivity contribution in [2.75, 3.05) is 0 Å². The maximum Gasteiger partial charge on any atom is 0.183 e. The molecule has 0 atom stereocenters. The molecule has 2 nitrogen and oxygen atoms in total. The molecule has 0 unspecified atom stereocenters. The smallest absolute Gasteiger partial charge is 0.183 e. The van der Waals surface area contributed by atoms with Gasteiger partial charge in [0.15, 0.2) is 12.4 Å². The Morgan fingerprint density at radius 2 is 2.40 bits per heavy atom. The molecule has 0 radical (unpaired) electrons. The fourth-order valence-corrected chi connectivity index (χ4v) is 0.823. The molecule has 1 heterocycles. The third kappa shape index (κ3) is 1.16. The van der Waals surface area contributed by atoms with Crippen LogP contribution in [0, 0.1) is 12.1 Å². The minimum atomic E-state index is 0.780. The van der Waals surface area contributed by atoms with Crippen molar-refractivity contribution in [2.45, 2.75) is 6.92 Å². The van der Waals surface area contributed by atoms with Crippen molar-refractivity contribution in [3.05, 3.63) is 41.4 Å². The highest BCUT2D eigenvalue weighted by Gasteiger charge is 1.95. The van der Waals surface area contributed by atoms with Gasteiger partial charge in [0.1, 0.15) is 0 Å². The van der Waals surface area contributed by atoms with Crippen molar-refractivity contribution in [3.8, 4) is 0 Å². The average molecular weight is 135 g/mol. The maximum absolute atomic E-state index is 10.6. The summed E-state index contributed by atoms with van der Waals surface area (Å²) in [6, 6.07) is 1.75. The quantitative estimate of drug-likeness (QED) is 0.421. The van der Waals surface area contributed by atoms with Gasteiger partial charge in [-0.2, -0.15) is 4.73 Å². The van der Waals surface area contributed by atoms with Gasteiger partial charge < -0.3 is 5.21 Å². The Morgan fingerprint density at radius 1 is 1.70 bits per heavy atom. The molecule has 52 valence electrons. The summed E-state index contributed by atoms with van der Waals surface area (Å²) < 4.78 is 0.780. The van der Waals surface area contributed by atoms with Crippen molar-refractivity contribution in [1.82, 2.24) is 0 Å². The van der Waals surface area contributed by atoms with E-state index in [9.17, 15) is 5.21 Å². The molecule has 0 bridgehead atoms. The van der Waals surface area contributed by atoms with E-state index >= 15 is 0 Å². The largest absolute Gasteiger partial charge is 0.619 e. The first-order valence-corrected chi connectivity index (χ1v) is 3.06. The first-order valence-electron chi connectivity index (χ1n) is 3.06. The van der Waals surface area contributed by atoms with Crippen molar-refractivity contribution >= 4 is 6.08 Å². The molecule has 1 aromatic heterocycles. The molecule has 0 amide bonds. The summed E-state index contributed by atoms with van der Waals surface area (Å²) in [5.41, 5.74) is 1.96. The zero-order chi connectivity index (χ0) is 7.56. The van der Waals surface area contributed by atoms with E-state index in [1.54, 1.807) is 12.1 Å². The monoisotopic (exact) mass is 135 g/mol.